The SMILES string of the molecule is O=C(O)CCCCCCNC(=O)CCc1cscn1. The number of hydrogen-bond donors (Lipinski definition) is 2. The molecule has 0 atom stereocenters. The molecule has 0 saturated carbocycles. The van der Waals surface area contributed by atoms with Gasteiger partial charge in [-0.2, -0.15) is 0 Å². The molecule has 0 aliphatic rings. The first-order valence-corrected chi connectivity index (χ1v) is 7.48. The fourth-order valence-electron chi connectivity index (χ4n) is 1.67. The summed E-state index contributed by atoms with van der Waals surface area (Å²) in [6.07, 6.45) is 4.88. The van der Waals surface area contributed by atoms with Crippen molar-refractivity contribution in [1.82, 2.24) is 10.3 Å². The first-order chi connectivity index (χ1) is 9.18. The zero-order valence-corrected chi connectivity index (χ0v) is 11.7. The van der Waals surface area contributed by atoms with Gasteiger partial charge in [0.1, 0.15) is 0 Å². The lowest BCUT2D eigenvalue weighted by Crippen LogP contribution is -2.24. The Morgan fingerprint density at radius 1 is 1.21 bits per heavy atom. The van der Waals surface area contributed by atoms with Gasteiger partial charge >= 0.3 is 5.97 Å². The monoisotopic (exact) mass is 284 g/mol. The number of carbonyl (C=O) groups excluding carboxylic acids is 1. The molecule has 1 amide bonds. The van der Waals surface area contributed by atoms with Crippen LogP contribution in [-0.4, -0.2) is 28.5 Å². The minimum Gasteiger partial charge on any atom is -0.481 e. The number of nitrogens with zero attached hydrogens (tertiary/aromatic N) is 1. The molecule has 1 heterocycles. The second-order valence-corrected chi connectivity index (χ2v) is 5.11. The molecule has 1 aromatic heterocycles. The van der Waals surface area contributed by atoms with E-state index >= 15 is 0 Å². The van der Waals surface area contributed by atoms with Gasteiger partial charge < -0.3 is 10.4 Å². The molecular formula is C13H20N2O3S. The van der Waals surface area contributed by atoms with Crippen LogP contribution in [0.2, 0.25) is 0 Å². The number of amides is 1. The lowest BCUT2D eigenvalue weighted by atomic mass is 10.1. The highest BCUT2D eigenvalue weighted by Gasteiger charge is 2.03. The van der Waals surface area contributed by atoms with E-state index in [1.807, 2.05) is 5.38 Å². The fourth-order valence-corrected chi connectivity index (χ4v) is 2.27. The average Bonchev–Trinajstić information content (AvgIpc) is 2.88. The predicted octanol–water partition coefficient (Wildman–Crippen LogP) is 2.23. The Balaban J connectivity index is 1.91. The van der Waals surface area contributed by atoms with Crippen molar-refractivity contribution in [2.45, 2.75) is 44.9 Å². The van der Waals surface area contributed by atoms with Crippen LogP contribution in [0.3, 0.4) is 0 Å². The summed E-state index contributed by atoms with van der Waals surface area (Å²) in [4.78, 5) is 25.9. The first-order valence-electron chi connectivity index (χ1n) is 6.54. The van der Waals surface area contributed by atoms with E-state index in [4.69, 9.17) is 5.11 Å². The summed E-state index contributed by atoms with van der Waals surface area (Å²) in [5.41, 5.74) is 2.73. The van der Waals surface area contributed by atoms with Crippen molar-refractivity contribution in [2.75, 3.05) is 6.54 Å². The molecular weight excluding hydrogens is 264 g/mol. The molecule has 6 heteroatoms. The van der Waals surface area contributed by atoms with Crippen molar-refractivity contribution in [3.63, 3.8) is 0 Å². The Kier molecular flexibility index (Phi) is 7.81. The molecule has 0 fully saturated rings. The normalized spacial score (nSPS) is 10.3. The third kappa shape index (κ3) is 8.31. The Morgan fingerprint density at radius 3 is 2.68 bits per heavy atom. The molecule has 0 aromatic carbocycles. The number of carbonyl (C=O) groups is 2. The lowest BCUT2D eigenvalue weighted by molar-refractivity contribution is -0.137. The van der Waals surface area contributed by atoms with E-state index in [-0.39, 0.29) is 12.3 Å². The van der Waals surface area contributed by atoms with Crippen LogP contribution in [0.4, 0.5) is 0 Å². The number of nitrogens with one attached hydrogen (secondary N) is 1. The van der Waals surface area contributed by atoms with E-state index < -0.39 is 5.97 Å². The van der Waals surface area contributed by atoms with Gasteiger partial charge in [-0.05, 0) is 19.3 Å². The number of carboxylic acids is 1. The van der Waals surface area contributed by atoms with Gasteiger partial charge in [0.15, 0.2) is 0 Å². The Bertz CT molecular complexity index is 379. The quantitative estimate of drug-likeness (QED) is 0.646. The van der Waals surface area contributed by atoms with Gasteiger partial charge in [0, 0.05) is 24.8 Å². The average molecular weight is 284 g/mol. The van der Waals surface area contributed by atoms with Crippen molar-refractivity contribution in [2.24, 2.45) is 0 Å². The second-order valence-electron chi connectivity index (χ2n) is 4.39. The number of aryl methyl sites for hydroxylation is 1. The summed E-state index contributed by atoms with van der Waals surface area (Å²) in [6.45, 7) is 0.670. The zero-order chi connectivity index (χ0) is 13.9. The lowest BCUT2D eigenvalue weighted by Gasteiger charge is -2.04. The second kappa shape index (κ2) is 9.49. The van der Waals surface area contributed by atoms with E-state index in [0.29, 0.717) is 25.8 Å². The number of aliphatic carboxylic acids is 1. The van der Waals surface area contributed by atoms with Crippen LogP contribution >= 0.6 is 11.3 Å². The summed E-state index contributed by atoms with van der Waals surface area (Å²) in [7, 11) is 0. The highest BCUT2D eigenvalue weighted by Crippen LogP contribution is 2.04. The molecule has 0 bridgehead atoms. The molecule has 0 aliphatic heterocycles. The van der Waals surface area contributed by atoms with Crippen LogP contribution < -0.4 is 5.32 Å². The molecule has 2 N–H and O–H groups in total. The summed E-state index contributed by atoms with van der Waals surface area (Å²) in [5.74, 6) is -0.686. The molecule has 106 valence electrons. The van der Waals surface area contributed by atoms with E-state index in [1.54, 1.807) is 5.51 Å². The van der Waals surface area contributed by atoms with Crippen LogP contribution in [0.15, 0.2) is 10.9 Å². The number of rotatable bonds is 10. The van der Waals surface area contributed by atoms with Crippen LogP contribution in [-0.2, 0) is 16.0 Å². The third-order valence-corrected chi connectivity index (χ3v) is 3.37. The summed E-state index contributed by atoms with van der Waals surface area (Å²) in [5, 5.41) is 13.3. The number of unbranched alkanes of at least 4 members (excludes halogenated alkanes) is 3. The zero-order valence-electron chi connectivity index (χ0n) is 10.9. The number of thiazole rings is 1. The molecule has 0 radical (unpaired) electrons. The predicted molar refractivity (Wildman–Crippen MR) is 74.2 cm³/mol. The summed E-state index contributed by atoms with van der Waals surface area (Å²) < 4.78 is 0. The maximum atomic E-state index is 11.5. The number of aromatic nitrogens is 1. The smallest absolute Gasteiger partial charge is 0.303 e. The van der Waals surface area contributed by atoms with Gasteiger partial charge in [0.25, 0.3) is 0 Å². The summed E-state index contributed by atoms with van der Waals surface area (Å²) in [6, 6.07) is 0. The molecule has 5 nitrogen and oxygen atoms in total. The molecule has 1 aromatic rings. The minimum atomic E-state index is -0.740. The van der Waals surface area contributed by atoms with Crippen LogP contribution in [0, 0.1) is 0 Å². The first kappa shape index (κ1) is 15.6. The van der Waals surface area contributed by atoms with E-state index in [9.17, 15) is 9.59 Å². The maximum Gasteiger partial charge on any atom is 0.303 e. The van der Waals surface area contributed by atoms with Crippen molar-refractivity contribution in [1.29, 1.82) is 0 Å². The van der Waals surface area contributed by atoms with E-state index in [0.717, 1.165) is 25.0 Å². The van der Waals surface area contributed by atoms with Crippen LogP contribution in [0.5, 0.6) is 0 Å². The Labute approximate surface area is 117 Å². The van der Waals surface area contributed by atoms with Crippen molar-refractivity contribution >= 4 is 23.2 Å². The minimum absolute atomic E-state index is 0.0542. The van der Waals surface area contributed by atoms with Gasteiger partial charge in [-0.15, -0.1) is 11.3 Å². The Morgan fingerprint density at radius 2 is 2.00 bits per heavy atom. The maximum absolute atomic E-state index is 11.5. The van der Waals surface area contributed by atoms with Gasteiger partial charge in [-0.25, -0.2) is 4.98 Å². The summed E-state index contributed by atoms with van der Waals surface area (Å²) >= 11 is 1.54. The largest absolute Gasteiger partial charge is 0.481 e. The van der Waals surface area contributed by atoms with Gasteiger partial charge in [-0.1, -0.05) is 12.8 Å². The molecule has 19 heavy (non-hydrogen) atoms. The van der Waals surface area contributed by atoms with Crippen molar-refractivity contribution < 1.29 is 14.7 Å². The van der Waals surface area contributed by atoms with Crippen LogP contribution in [0.25, 0.3) is 0 Å². The molecule has 0 spiro atoms. The highest BCUT2D eigenvalue weighted by molar-refractivity contribution is 7.07. The van der Waals surface area contributed by atoms with Gasteiger partial charge in [-0.3, -0.25) is 9.59 Å². The number of carboxylic acid groups (broad SMARTS) is 1. The van der Waals surface area contributed by atoms with Gasteiger partial charge in [0.05, 0.1) is 11.2 Å². The molecule has 0 aliphatic carbocycles. The molecule has 0 saturated heterocycles. The van der Waals surface area contributed by atoms with Crippen molar-refractivity contribution in [3.8, 4) is 0 Å². The van der Waals surface area contributed by atoms with Gasteiger partial charge in [0.2, 0.25) is 5.91 Å². The Hall–Kier alpha value is -1.43. The van der Waals surface area contributed by atoms with E-state index in [1.165, 1.54) is 11.3 Å². The van der Waals surface area contributed by atoms with E-state index in [2.05, 4.69) is 10.3 Å². The van der Waals surface area contributed by atoms with Crippen molar-refractivity contribution in [3.05, 3.63) is 16.6 Å². The molecule has 1 rings (SSSR count). The highest BCUT2D eigenvalue weighted by atomic mass is 32.1. The molecule has 0 unspecified atom stereocenters. The van der Waals surface area contributed by atoms with Crippen LogP contribution in [0.1, 0.15) is 44.2 Å². The standard InChI is InChI=1S/C13H20N2O3S/c16-12(7-6-11-9-19-10-15-11)14-8-4-2-1-3-5-13(17)18/h9-10H,1-8H2,(H,14,16)(H,17,18). The number of hydrogen-bond acceptors (Lipinski definition) is 4. The third-order valence-electron chi connectivity index (χ3n) is 2.73. The fraction of sp³-hybridized carbons (Fsp3) is 0.615. The topological polar surface area (TPSA) is 79.3 Å².